The highest BCUT2D eigenvalue weighted by Gasteiger charge is 2.35. The summed E-state index contributed by atoms with van der Waals surface area (Å²) >= 11 is 0. The Morgan fingerprint density at radius 1 is 1.20 bits per heavy atom. The number of anilines is 1. The second-order valence-electron chi connectivity index (χ2n) is 5.33. The van der Waals surface area contributed by atoms with Crippen LogP contribution in [0.25, 0.3) is 0 Å². The molecule has 1 amide bonds. The summed E-state index contributed by atoms with van der Waals surface area (Å²) in [6.07, 6.45) is 2.88. The summed E-state index contributed by atoms with van der Waals surface area (Å²) in [4.78, 5) is 23.4. The molecule has 0 saturated heterocycles. The van der Waals surface area contributed by atoms with Gasteiger partial charge >= 0.3 is 5.97 Å². The van der Waals surface area contributed by atoms with Crippen molar-refractivity contribution in [3.63, 3.8) is 0 Å². The second-order valence-corrected chi connectivity index (χ2v) is 5.33. The number of nitrogens with one attached hydrogen (secondary N) is 1. The van der Waals surface area contributed by atoms with E-state index in [0.29, 0.717) is 18.5 Å². The van der Waals surface area contributed by atoms with Gasteiger partial charge in [0.25, 0.3) is 0 Å². The average Bonchev–Trinajstić information content (AvgIpc) is 2.43. The van der Waals surface area contributed by atoms with Crippen molar-refractivity contribution in [1.29, 1.82) is 0 Å². The maximum Gasteiger partial charge on any atom is 0.307 e. The van der Waals surface area contributed by atoms with Gasteiger partial charge in [-0.15, -0.1) is 0 Å². The molecule has 3 N–H and O–H groups in total. The van der Waals surface area contributed by atoms with Crippen molar-refractivity contribution in [2.24, 2.45) is 11.8 Å². The molecule has 1 fully saturated rings. The van der Waals surface area contributed by atoms with Crippen LogP contribution in [0.15, 0.2) is 18.2 Å². The summed E-state index contributed by atoms with van der Waals surface area (Å²) in [5.41, 5.74) is 1.22. The summed E-state index contributed by atoms with van der Waals surface area (Å²) < 4.78 is 0. The molecule has 0 aromatic heterocycles. The number of hydrogen-bond donors (Lipinski definition) is 3. The van der Waals surface area contributed by atoms with Crippen molar-refractivity contribution in [2.45, 2.75) is 32.6 Å². The molecule has 1 aliphatic carbocycles. The molecule has 0 spiro atoms. The van der Waals surface area contributed by atoms with Crippen molar-refractivity contribution in [3.8, 4) is 5.75 Å². The van der Waals surface area contributed by atoms with Crippen LogP contribution in [0.3, 0.4) is 0 Å². The molecule has 1 aliphatic rings. The zero-order chi connectivity index (χ0) is 14.7. The Hall–Kier alpha value is -2.04. The van der Waals surface area contributed by atoms with Crippen molar-refractivity contribution < 1.29 is 19.8 Å². The van der Waals surface area contributed by atoms with Crippen molar-refractivity contribution >= 4 is 17.6 Å². The van der Waals surface area contributed by atoms with Crippen LogP contribution in [0.1, 0.15) is 31.2 Å². The van der Waals surface area contributed by atoms with E-state index in [-0.39, 0.29) is 11.7 Å². The first-order valence-electron chi connectivity index (χ1n) is 6.82. The van der Waals surface area contributed by atoms with E-state index < -0.39 is 17.8 Å². The van der Waals surface area contributed by atoms with Crippen molar-refractivity contribution in [2.75, 3.05) is 5.32 Å². The van der Waals surface area contributed by atoms with Gasteiger partial charge in [0.1, 0.15) is 5.75 Å². The molecular formula is C15H19NO4. The number of aromatic hydroxyl groups is 1. The van der Waals surface area contributed by atoms with Crippen LogP contribution in [0, 0.1) is 18.8 Å². The highest BCUT2D eigenvalue weighted by Crippen LogP contribution is 2.31. The Morgan fingerprint density at radius 3 is 2.45 bits per heavy atom. The molecule has 0 aliphatic heterocycles. The Labute approximate surface area is 117 Å². The monoisotopic (exact) mass is 277 g/mol. The van der Waals surface area contributed by atoms with E-state index >= 15 is 0 Å². The zero-order valence-electron chi connectivity index (χ0n) is 11.4. The lowest BCUT2D eigenvalue weighted by atomic mass is 9.78. The smallest absolute Gasteiger partial charge is 0.307 e. The average molecular weight is 277 g/mol. The first-order chi connectivity index (χ1) is 9.49. The summed E-state index contributed by atoms with van der Waals surface area (Å²) in [5.74, 6) is -2.18. The first kappa shape index (κ1) is 14.4. The lowest BCUT2D eigenvalue weighted by Gasteiger charge is -2.27. The quantitative estimate of drug-likeness (QED) is 0.792. The number of aryl methyl sites for hydroxylation is 1. The third-order valence-electron chi connectivity index (χ3n) is 3.90. The number of amides is 1. The number of aliphatic carboxylic acids is 1. The fraction of sp³-hybridized carbons (Fsp3) is 0.467. The number of carbonyl (C=O) groups is 2. The fourth-order valence-electron chi connectivity index (χ4n) is 2.66. The SMILES string of the molecule is Cc1ccc(NC(=O)[C@@H]2CCCC[C@@H]2C(=O)O)cc1O. The van der Waals surface area contributed by atoms with Gasteiger partial charge in [0.2, 0.25) is 5.91 Å². The minimum absolute atomic E-state index is 0.112. The first-order valence-corrected chi connectivity index (χ1v) is 6.82. The van der Waals surface area contributed by atoms with Crippen LogP contribution < -0.4 is 5.32 Å². The van der Waals surface area contributed by atoms with E-state index in [0.717, 1.165) is 18.4 Å². The van der Waals surface area contributed by atoms with Gasteiger partial charge in [-0.2, -0.15) is 0 Å². The van der Waals surface area contributed by atoms with Crippen LogP contribution in [-0.4, -0.2) is 22.1 Å². The molecule has 20 heavy (non-hydrogen) atoms. The number of carboxylic acid groups (broad SMARTS) is 1. The topological polar surface area (TPSA) is 86.6 Å². The Morgan fingerprint density at radius 2 is 1.85 bits per heavy atom. The van der Waals surface area contributed by atoms with Gasteiger partial charge in [-0.3, -0.25) is 9.59 Å². The normalized spacial score (nSPS) is 22.2. The number of benzene rings is 1. The van der Waals surface area contributed by atoms with Gasteiger partial charge in [0.15, 0.2) is 0 Å². The van der Waals surface area contributed by atoms with Gasteiger partial charge < -0.3 is 15.5 Å². The molecule has 1 saturated carbocycles. The molecule has 5 nitrogen and oxygen atoms in total. The lowest BCUT2D eigenvalue weighted by Crippen LogP contribution is -2.36. The van der Waals surface area contributed by atoms with E-state index in [1.54, 1.807) is 19.1 Å². The minimum Gasteiger partial charge on any atom is -0.508 e. The number of carboxylic acids is 1. The molecule has 0 bridgehead atoms. The molecule has 2 rings (SSSR count). The summed E-state index contributed by atoms with van der Waals surface area (Å²) in [6, 6.07) is 4.89. The largest absolute Gasteiger partial charge is 0.508 e. The highest BCUT2D eigenvalue weighted by molar-refractivity contribution is 5.95. The van der Waals surface area contributed by atoms with E-state index in [1.807, 2.05) is 0 Å². The number of rotatable bonds is 3. The number of phenols is 1. The predicted molar refractivity (Wildman–Crippen MR) is 74.6 cm³/mol. The van der Waals surface area contributed by atoms with Gasteiger partial charge in [-0.1, -0.05) is 18.9 Å². The molecule has 1 aromatic rings. The number of hydrogen-bond acceptors (Lipinski definition) is 3. The van der Waals surface area contributed by atoms with Crippen LogP contribution >= 0.6 is 0 Å². The fourth-order valence-corrected chi connectivity index (χ4v) is 2.66. The maximum absolute atomic E-state index is 12.2. The third kappa shape index (κ3) is 3.10. The molecule has 0 heterocycles. The number of carbonyl (C=O) groups excluding carboxylic acids is 1. The van der Waals surface area contributed by atoms with Crippen LogP contribution in [0.2, 0.25) is 0 Å². The number of phenolic OH excluding ortho intramolecular Hbond substituents is 1. The van der Waals surface area contributed by atoms with E-state index in [2.05, 4.69) is 5.32 Å². The molecular weight excluding hydrogens is 258 g/mol. The maximum atomic E-state index is 12.2. The zero-order valence-corrected chi connectivity index (χ0v) is 11.4. The van der Waals surface area contributed by atoms with Crippen LogP contribution in [-0.2, 0) is 9.59 Å². The van der Waals surface area contributed by atoms with Crippen molar-refractivity contribution in [1.82, 2.24) is 0 Å². The Bertz CT molecular complexity index is 527. The molecule has 2 atom stereocenters. The lowest BCUT2D eigenvalue weighted by molar-refractivity contribution is -0.147. The summed E-state index contributed by atoms with van der Waals surface area (Å²) in [5, 5.41) is 21.5. The van der Waals surface area contributed by atoms with E-state index in [1.165, 1.54) is 6.07 Å². The van der Waals surface area contributed by atoms with Gasteiger partial charge in [0, 0.05) is 11.8 Å². The summed E-state index contributed by atoms with van der Waals surface area (Å²) in [6.45, 7) is 1.77. The van der Waals surface area contributed by atoms with Crippen molar-refractivity contribution in [3.05, 3.63) is 23.8 Å². The minimum atomic E-state index is -0.906. The van der Waals surface area contributed by atoms with Gasteiger partial charge in [-0.05, 0) is 31.4 Å². The highest BCUT2D eigenvalue weighted by atomic mass is 16.4. The van der Waals surface area contributed by atoms with Crippen LogP contribution in [0.5, 0.6) is 5.75 Å². The third-order valence-corrected chi connectivity index (χ3v) is 3.90. The van der Waals surface area contributed by atoms with Gasteiger partial charge in [0.05, 0.1) is 11.8 Å². The summed E-state index contributed by atoms with van der Waals surface area (Å²) in [7, 11) is 0. The second kappa shape index (κ2) is 5.94. The molecule has 1 aromatic carbocycles. The molecule has 108 valence electrons. The van der Waals surface area contributed by atoms with Gasteiger partial charge in [-0.25, -0.2) is 0 Å². The predicted octanol–water partition coefficient (Wildman–Crippen LogP) is 2.53. The standard InChI is InChI=1S/C15H19NO4/c1-9-6-7-10(8-13(9)17)16-14(18)11-4-2-3-5-12(11)15(19)20/h6-8,11-12,17H,2-5H2,1H3,(H,16,18)(H,19,20)/t11-,12+/m1/s1. The molecule has 0 unspecified atom stereocenters. The van der Waals surface area contributed by atoms with Crippen LogP contribution in [0.4, 0.5) is 5.69 Å². The Balaban J connectivity index is 2.09. The molecule has 0 radical (unpaired) electrons. The van der Waals surface area contributed by atoms with E-state index in [9.17, 15) is 19.8 Å². The molecule has 5 heteroatoms. The Kier molecular flexibility index (Phi) is 4.27. The van der Waals surface area contributed by atoms with E-state index in [4.69, 9.17) is 0 Å².